The van der Waals surface area contributed by atoms with Crippen molar-refractivity contribution >= 4 is 11.9 Å². The number of para-hydroxylation sites is 1. The zero-order chi connectivity index (χ0) is 15.3. The van der Waals surface area contributed by atoms with Crippen LogP contribution in [-0.2, 0) is 4.79 Å². The zero-order valence-corrected chi connectivity index (χ0v) is 9.78. The van der Waals surface area contributed by atoms with Crippen LogP contribution in [0.4, 0.5) is 17.6 Å². The number of rotatable bonds is 5. The molecule has 0 saturated heterocycles. The monoisotopic (exact) mass is 295 g/mol. The molecular formula is C11H9F4NO4. The quantitative estimate of drug-likeness (QED) is 0.811. The van der Waals surface area contributed by atoms with Gasteiger partial charge in [0, 0.05) is 0 Å². The molecule has 0 aliphatic carbocycles. The van der Waals surface area contributed by atoms with Crippen LogP contribution in [0, 0.1) is 0 Å². The SMILES string of the molecule is O=C(NC(CF)C(=O)O)c1ccccc1OC(F)(F)F. The molecule has 1 aromatic rings. The Morgan fingerprint density at radius 1 is 1.30 bits per heavy atom. The van der Waals surface area contributed by atoms with Gasteiger partial charge in [0.1, 0.15) is 12.4 Å². The third-order valence-corrected chi connectivity index (χ3v) is 2.12. The van der Waals surface area contributed by atoms with Gasteiger partial charge < -0.3 is 15.2 Å². The van der Waals surface area contributed by atoms with Gasteiger partial charge in [-0.3, -0.25) is 4.79 Å². The number of hydrogen-bond acceptors (Lipinski definition) is 3. The van der Waals surface area contributed by atoms with E-state index < -0.39 is 42.3 Å². The number of alkyl halides is 4. The minimum absolute atomic E-state index is 0.551. The lowest BCUT2D eigenvalue weighted by molar-refractivity contribution is -0.274. The molecule has 0 aromatic heterocycles. The Balaban J connectivity index is 2.96. The summed E-state index contributed by atoms with van der Waals surface area (Å²) in [5.41, 5.74) is -0.551. The molecule has 0 aliphatic heterocycles. The third kappa shape index (κ3) is 4.41. The maximum absolute atomic E-state index is 12.3. The van der Waals surface area contributed by atoms with Crippen molar-refractivity contribution in [3.63, 3.8) is 0 Å². The average molecular weight is 295 g/mol. The second kappa shape index (κ2) is 6.22. The molecule has 5 nitrogen and oxygen atoms in total. The van der Waals surface area contributed by atoms with E-state index >= 15 is 0 Å². The first-order valence-electron chi connectivity index (χ1n) is 5.19. The van der Waals surface area contributed by atoms with Crippen LogP contribution in [-0.4, -0.2) is 36.1 Å². The highest BCUT2D eigenvalue weighted by atomic mass is 19.4. The molecule has 1 atom stereocenters. The fourth-order valence-electron chi connectivity index (χ4n) is 1.27. The highest BCUT2D eigenvalue weighted by molar-refractivity contribution is 5.98. The smallest absolute Gasteiger partial charge is 0.480 e. The van der Waals surface area contributed by atoms with E-state index in [1.54, 1.807) is 5.32 Å². The maximum Gasteiger partial charge on any atom is 0.573 e. The first kappa shape index (κ1) is 15.7. The summed E-state index contributed by atoms with van der Waals surface area (Å²) in [7, 11) is 0. The summed E-state index contributed by atoms with van der Waals surface area (Å²) in [6.45, 7) is -1.40. The second-order valence-corrected chi connectivity index (χ2v) is 3.56. The Labute approximate surface area is 110 Å². The number of ether oxygens (including phenoxy) is 1. The predicted octanol–water partition coefficient (Wildman–Crippen LogP) is 1.74. The number of benzene rings is 1. The van der Waals surface area contributed by atoms with Crippen LogP contribution in [0.2, 0.25) is 0 Å². The number of carboxylic acids is 1. The maximum atomic E-state index is 12.3. The van der Waals surface area contributed by atoms with Crippen LogP contribution >= 0.6 is 0 Å². The summed E-state index contributed by atoms with van der Waals surface area (Å²) >= 11 is 0. The molecule has 0 saturated carbocycles. The Kier molecular flexibility index (Phi) is 4.89. The molecule has 0 bridgehead atoms. The van der Waals surface area contributed by atoms with E-state index in [4.69, 9.17) is 5.11 Å². The molecule has 1 aromatic carbocycles. The van der Waals surface area contributed by atoms with Crippen LogP contribution in [0.1, 0.15) is 10.4 Å². The minimum Gasteiger partial charge on any atom is -0.480 e. The molecule has 0 fully saturated rings. The first-order valence-corrected chi connectivity index (χ1v) is 5.19. The Bertz CT molecular complexity index is 503. The molecule has 9 heteroatoms. The van der Waals surface area contributed by atoms with Crippen LogP contribution in [0.25, 0.3) is 0 Å². The van der Waals surface area contributed by atoms with Crippen molar-refractivity contribution in [2.24, 2.45) is 0 Å². The lowest BCUT2D eigenvalue weighted by atomic mass is 10.1. The van der Waals surface area contributed by atoms with E-state index in [0.717, 1.165) is 12.1 Å². The lowest BCUT2D eigenvalue weighted by Crippen LogP contribution is -2.42. The molecule has 20 heavy (non-hydrogen) atoms. The molecule has 0 aliphatic rings. The predicted molar refractivity (Wildman–Crippen MR) is 58.0 cm³/mol. The minimum atomic E-state index is -5.01. The van der Waals surface area contributed by atoms with E-state index in [1.165, 1.54) is 12.1 Å². The van der Waals surface area contributed by atoms with Crippen molar-refractivity contribution < 1.29 is 37.0 Å². The fourth-order valence-corrected chi connectivity index (χ4v) is 1.27. The van der Waals surface area contributed by atoms with Crippen LogP contribution in [0.3, 0.4) is 0 Å². The van der Waals surface area contributed by atoms with Gasteiger partial charge in [-0.05, 0) is 12.1 Å². The third-order valence-electron chi connectivity index (χ3n) is 2.12. The molecule has 1 amide bonds. The standard InChI is InChI=1S/C11H9F4NO4/c12-5-7(10(18)19)16-9(17)6-3-1-2-4-8(6)20-11(13,14)15/h1-4,7H,5H2,(H,16,17)(H,18,19). The number of carbonyl (C=O) groups is 2. The summed E-state index contributed by atoms with van der Waals surface area (Å²) in [4.78, 5) is 22.2. The van der Waals surface area contributed by atoms with Gasteiger partial charge in [0.25, 0.3) is 5.91 Å². The second-order valence-electron chi connectivity index (χ2n) is 3.56. The van der Waals surface area contributed by atoms with Gasteiger partial charge in [0.2, 0.25) is 0 Å². The summed E-state index contributed by atoms with van der Waals surface area (Å²) < 4.78 is 52.4. The van der Waals surface area contributed by atoms with Crippen molar-refractivity contribution in [3.8, 4) is 5.75 Å². The molecule has 0 radical (unpaired) electrons. The summed E-state index contributed by atoms with van der Waals surface area (Å²) in [6.07, 6.45) is -5.01. The summed E-state index contributed by atoms with van der Waals surface area (Å²) in [6, 6.07) is 2.48. The Morgan fingerprint density at radius 2 is 1.90 bits per heavy atom. The van der Waals surface area contributed by atoms with Gasteiger partial charge in [-0.25, -0.2) is 9.18 Å². The molecule has 1 unspecified atom stereocenters. The van der Waals surface area contributed by atoms with E-state index in [0.29, 0.717) is 0 Å². The van der Waals surface area contributed by atoms with E-state index in [-0.39, 0.29) is 0 Å². The number of aliphatic carboxylic acids is 1. The number of amides is 1. The number of nitrogens with one attached hydrogen (secondary N) is 1. The Hall–Kier alpha value is -2.32. The van der Waals surface area contributed by atoms with E-state index in [9.17, 15) is 27.2 Å². The van der Waals surface area contributed by atoms with Crippen LogP contribution in [0.5, 0.6) is 5.75 Å². The molecule has 1 rings (SSSR count). The average Bonchev–Trinajstić information content (AvgIpc) is 2.34. The molecule has 2 N–H and O–H groups in total. The summed E-state index contributed by atoms with van der Waals surface area (Å²) in [5, 5.41) is 10.3. The van der Waals surface area contributed by atoms with Crippen LogP contribution in [0.15, 0.2) is 24.3 Å². The number of carboxylic acid groups (broad SMARTS) is 1. The Morgan fingerprint density at radius 3 is 2.40 bits per heavy atom. The molecule has 0 heterocycles. The normalized spacial score (nSPS) is 12.6. The van der Waals surface area contributed by atoms with Gasteiger partial charge >= 0.3 is 12.3 Å². The lowest BCUT2D eigenvalue weighted by Gasteiger charge is -2.15. The summed E-state index contributed by atoms with van der Waals surface area (Å²) in [5.74, 6) is -3.63. The van der Waals surface area contributed by atoms with Gasteiger partial charge in [0.05, 0.1) is 5.56 Å². The van der Waals surface area contributed by atoms with Crippen molar-refractivity contribution in [2.75, 3.05) is 6.67 Å². The van der Waals surface area contributed by atoms with Gasteiger partial charge in [-0.1, -0.05) is 12.1 Å². The molecular weight excluding hydrogens is 286 g/mol. The van der Waals surface area contributed by atoms with Gasteiger partial charge in [-0.15, -0.1) is 13.2 Å². The van der Waals surface area contributed by atoms with Gasteiger partial charge in [-0.2, -0.15) is 0 Å². The van der Waals surface area contributed by atoms with E-state index in [1.807, 2.05) is 0 Å². The fraction of sp³-hybridized carbons (Fsp3) is 0.273. The first-order chi connectivity index (χ1) is 9.24. The molecule has 110 valence electrons. The largest absolute Gasteiger partial charge is 0.573 e. The highest BCUT2D eigenvalue weighted by Gasteiger charge is 2.33. The van der Waals surface area contributed by atoms with Crippen molar-refractivity contribution in [1.82, 2.24) is 5.32 Å². The number of carbonyl (C=O) groups excluding carboxylic acids is 1. The van der Waals surface area contributed by atoms with E-state index in [2.05, 4.69) is 4.74 Å². The highest BCUT2D eigenvalue weighted by Crippen LogP contribution is 2.26. The topological polar surface area (TPSA) is 75.6 Å². The van der Waals surface area contributed by atoms with Crippen LogP contribution < -0.4 is 10.1 Å². The van der Waals surface area contributed by atoms with Gasteiger partial charge in [0.15, 0.2) is 6.04 Å². The van der Waals surface area contributed by atoms with Crippen molar-refractivity contribution in [1.29, 1.82) is 0 Å². The zero-order valence-electron chi connectivity index (χ0n) is 9.78. The number of hydrogen-bond donors (Lipinski definition) is 2. The van der Waals surface area contributed by atoms with Crippen molar-refractivity contribution in [2.45, 2.75) is 12.4 Å². The number of halogens is 4. The van der Waals surface area contributed by atoms with Crippen molar-refractivity contribution in [3.05, 3.63) is 29.8 Å². The molecule has 0 spiro atoms.